The first-order chi connectivity index (χ1) is 11.9. The van der Waals surface area contributed by atoms with Crippen LogP contribution in [0.1, 0.15) is 50.3 Å². The molecule has 0 aliphatic heterocycles. The lowest BCUT2D eigenvalue weighted by molar-refractivity contribution is -0.200. The molecule has 0 aromatic carbocycles. The Morgan fingerprint density at radius 3 is 2.68 bits per heavy atom. The number of carbonyl (C=O) groups excluding carboxylic acids is 2. The molecule has 0 spiro atoms. The fraction of sp³-hybridized carbons (Fsp3) is 0.684. The lowest BCUT2D eigenvalue weighted by Gasteiger charge is -2.58. The Kier molecular flexibility index (Phi) is 4.15. The zero-order chi connectivity index (χ0) is 17.7. The molecule has 1 aromatic rings. The van der Waals surface area contributed by atoms with Crippen LogP contribution < -0.4 is 5.32 Å². The molecule has 4 saturated carbocycles. The van der Waals surface area contributed by atoms with Crippen molar-refractivity contribution in [3.63, 3.8) is 0 Å². The van der Waals surface area contributed by atoms with Gasteiger partial charge in [-0.1, -0.05) is 6.07 Å². The van der Waals surface area contributed by atoms with Crippen LogP contribution in [0.2, 0.25) is 0 Å². The molecule has 25 heavy (non-hydrogen) atoms. The molecule has 6 heteroatoms. The van der Waals surface area contributed by atoms with E-state index in [1.807, 2.05) is 17.5 Å². The number of nitrogens with one attached hydrogen (secondary N) is 1. The highest BCUT2D eigenvalue weighted by molar-refractivity contribution is 7.09. The Morgan fingerprint density at radius 2 is 2.08 bits per heavy atom. The van der Waals surface area contributed by atoms with Gasteiger partial charge in [0.1, 0.15) is 0 Å². The van der Waals surface area contributed by atoms with Crippen LogP contribution in [0, 0.1) is 17.3 Å². The number of carbonyl (C=O) groups is 2. The maximum absolute atomic E-state index is 12.9. The third-order valence-electron chi connectivity index (χ3n) is 6.13. The molecule has 1 heterocycles. The summed E-state index contributed by atoms with van der Waals surface area (Å²) < 4.78 is 5.55. The topological polar surface area (TPSA) is 75.6 Å². The fourth-order valence-corrected chi connectivity index (χ4v) is 6.17. The van der Waals surface area contributed by atoms with Crippen molar-refractivity contribution >= 4 is 23.2 Å². The number of hydrogen-bond acceptors (Lipinski definition) is 5. The lowest BCUT2D eigenvalue weighted by Crippen LogP contribution is -2.59. The molecule has 4 aliphatic carbocycles. The van der Waals surface area contributed by atoms with Gasteiger partial charge in [-0.2, -0.15) is 0 Å². The number of rotatable bonds is 5. The largest absolute Gasteiger partial charge is 0.452 e. The van der Waals surface area contributed by atoms with Gasteiger partial charge in [-0.05, 0) is 68.7 Å². The molecule has 5 nitrogen and oxygen atoms in total. The van der Waals surface area contributed by atoms with E-state index < -0.39 is 17.1 Å². The van der Waals surface area contributed by atoms with Crippen molar-refractivity contribution in [3.05, 3.63) is 22.4 Å². The molecule has 4 aliphatic rings. The Balaban J connectivity index is 1.37. The summed E-state index contributed by atoms with van der Waals surface area (Å²) in [5, 5.41) is 15.5. The standard InChI is InChI=1S/C19H25NO4S/c1-12(16(21)20-10-15-3-2-4-25-15)24-17(22)18-6-13-5-14(7-18)9-19(23,8-13)11-18/h2-4,12-14,23H,5-11H2,1H3,(H,20,21)/t12-,13+,14+,18?,19?/m0/s1. The van der Waals surface area contributed by atoms with E-state index >= 15 is 0 Å². The Bertz CT molecular complexity index is 657. The van der Waals surface area contributed by atoms with E-state index in [0.29, 0.717) is 24.8 Å². The molecule has 4 bridgehead atoms. The minimum absolute atomic E-state index is 0.273. The van der Waals surface area contributed by atoms with Crippen molar-refractivity contribution in [2.24, 2.45) is 17.3 Å². The number of hydrogen-bond donors (Lipinski definition) is 2. The SMILES string of the molecule is C[C@H](OC(=O)C12C[C@H]3C[C@@H](CC(O)(C3)C1)C2)C(=O)NCc1cccs1. The van der Waals surface area contributed by atoms with Gasteiger partial charge in [0, 0.05) is 4.88 Å². The van der Waals surface area contributed by atoms with E-state index in [1.165, 1.54) is 0 Å². The number of amides is 1. The van der Waals surface area contributed by atoms with Crippen LogP contribution in [0.5, 0.6) is 0 Å². The maximum Gasteiger partial charge on any atom is 0.312 e. The highest BCUT2D eigenvalue weighted by Crippen LogP contribution is 2.62. The maximum atomic E-state index is 12.9. The van der Waals surface area contributed by atoms with Crippen LogP contribution in [0.3, 0.4) is 0 Å². The highest BCUT2D eigenvalue weighted by Gasteiger charge is 2.61. The van der Waals surface area contributed by atoms with E-state index in [0.717, 1.165) is 37.0 Å². The molecule has 136 valence electrons. The third kappa shape index (κ3) is 3.22. The van der Waals surface area contributed by atoms with Crippen molar-refractivity contribution < 1.29 is 19.4 Å². The van der Waals surface area contributed by atoms with E-state index in [1.54, 1.807) is 18.3 Å². The van der Waals surface area contributed by atoms with E-state index in [4.69, 9.17) is 4.74 Å². The monoisotopic (exact) mass is 363 g/mol. The molecule has 0 radical (unpaired) electrons. The van der Waals surface area contributed by atoms with Gasteiger partial charge in [-0.15, -0.1) is 11.3 Å². The zero-order valence-corrected chi connectivity index (χ0v) is 15.3. The average molecular weight is 363 g/mol. The van der Waals surface area contributed by atoms with Crippen LogP contribution in [0.4, 0.5) is 0 Å². The summed E-state index contributed by atoms with van der Waals surface area (Å²) in [6.07, 6.45) is 4.03. The van der Waals surface area contributed by atoms with Gasteiger partial charge < -0.3 is 15.2 Å². The summed E-state index contributed by atoms with van der Waals surface area (Å²) in [7, 11) is 0. The first-order valence-electron chi connectivity index (χ1n) is 9.11. The second-order valence-corrected chi connectivity index (χ2v) is 9.34. The zero-order valence-electron chi connectivity index (χ0n) is 14.5. The van der Waals surface area contributed by atoms with Crippen molar-refractivity contribution in [2.45, 2.75) is 63.7 Å². The molecule has 5 rings (SSSR count). The summed E-state index contributed by atoms with van der Waals surface area (Å²) in [6.45, 7) is 2.07. The molecule has 0 unspecified atom stereocenters. The molecule has 4 fully saturated rings. The predicted octanol–water partition coefficient (Wildman–Crippen LogP) is 2.63. The van der Waals surface area contributed by atoms with Crippen LogP contribution >= 0.6 is 11.3 Å². The minimum atomic E-state index is -0.810. The molecule has 3 atom stereocenters. The normalized spacial score (nSPS) is 36.9. The molecular formula is C19H25NO4S. The Labute approximate surface area is 151 Å². The van der Waals surface area contributed by atoms with Crippen molar-refractivity contribution in [1.82, 2.24) is 5.32 Å². The van der Waals surface area contributed by atoms with Crippen molar-refractivity contribution in [3.8, 4) is 0 Å². The summed E-state index contributed by atoms with van der Waals surface area (Å²) in [4.78, 5) is 26.2. The van der Waals surface area contributed by atoms with Crippen LogP contribution in [0.25, 0.3) is 0 Å². The van der Waals surface area contributed by atoms with Crippen molar-refractivity contribution in [2.75, 3.05) is 0 Å². The first-order valence-corrected chi connectivity index (χ1v) is 9.99. The van der Waals surface area contributed by atoms with Gasteiger partial charge in [0.25, 0.3) is 5.91 Å². The molecule has 1 aromatic heterocycles. The predicted molar refractivity (Wildman–Crippen MR) is 93.8 cm³/mol. The summed E-state index contributed by atoms with van der Waals surface area (Å²) in [6, 6.07) is 3.89. The van der Waals surface area contributed by atoms with E-state index in [9.17, 15) is 14.7 Å². The van der Waals surface area contributed by atoms with Crippen molar-refractivity contribution in [1.29, 1.82) is 0 Å². The first kappa shape index (κ1) is 17.0. The average Bonchev–Trinajstić information content (AvgIpc) is 3.03. The third-order valence-corrected chi connectivity index (χ3v) is 7.01. The Hall–Kier alpha value is -1.40. The van der Waals surface area contributed by atoms with E-state index in [-0.39, 0.29) is 11.9 Å². The fourth-order valence-electron chi connectivity index (χ4n) is 5.52. The second-order valence-electron chi connectivity index (χ2n) is 8.31. The Morgan fingerprint density at radius 1 is 1.36 bits per heavy atom. The second kappa shape index (κ2) is 6.09. The number of esters is 1. The van der Waals surface area contributed by atoms with E-state index in [2.05, 4.69) is 5.32 Å². The van der Waals surface area contributed by atoms with Gasteiger partial charge in [0.2, 0.25) is 0 Å². The van der Waals surface area contributed by atoms with Gasteiger partial charge in [-0.3, -0.25) is 9.59 Å². The quantitative estimate of drug-likeness (QED) is 0.789. The lowest BCUT2D eigenvalue weighted by atomic mass is 9.48. The minimum Gasteiger partial charge on any atom is -0.452 e. The number of thiophene rings is 1. The number of ether oxygens (including phenoxy) is 1. The van der Waals surface area contributed by atoms with Gasteiger partial charge in [0.05, 0.1) is 17.6 Å². The van der Waals surface area contributed by atoms with Crippen LogP contribution in [-0.2, 0) is 20.9 Å². The summed E-state index contributed by atoms with van der Waals surface area (Å²) in [5.41, 5.74) is -1.28. The molecule has 1 amide bonds. The smallest absolute Gasteiger partial charge is 0.312 e. The molecule has 2 N–H and O–H groups in total. The van der Waals surface area contributed by atoms with Crippen LogP contribution in [-0.4, -0.2) is 28.7 Å². The van der Waals surface area contributed by atoms with Crippen LogP contribution in [0.15, 0.2) is 17.5 Å². The highest BCUT2D eigenvalue weighted by atomic mass is 32.1. The molecule has 0 saturated heterocycles. The summed E-state index contributed by atoms with van der Waals surface area (Å²) in [5.74, 6) is 0.271. The van der Waals surface area contributed by atoms with Gasteiger partial charge >= 0.3 is 5.97 Å². The molecular weight excluding hydrogens is 338 g/mol. The number of aliphatic hydroxyl groups is 1. The summed E-state index contributed by atoms with van der Waals surface area (Å²) >= 11 is 1.58. The van der Waals surface area contributed by atoms with Gasteiger partial charge in [-0.25, -0.2) is 0 Å². The van der Waals surface area contributed by atoms with Gasteiger partial charge in [0.15, 0.2) is 6.10 Å².